The van der Waals surface area contributed by atoms with Gasteiger partial charge < -0.3 is 66.1 Å². The fraction of sp³-hybridized carbons (Fsp3) is 1.00. The molecule has 0 saturated heterocycles. The van der Waals surface area contributed by atoms with Gasteiger partial charge in [-0.2, -0.15) is 0 Å². The number of hydrogen-bond acceptors (Lipinski definition) is 0. The van der Waals surface area contributed by atoms with Gasteiger partial charge in [0.2, 0.25) is 0 Å². The molecule has 40 valence electrons. The van der Waals surface area contributed by atoms with Crippen LogP contribution in [0.2, 0.25) is 0 Å². The SMILES string of the molecule is C[NH3+].[Cl-].[I-].[I-].[Pb+2]. The van der Waals surface area contributed by atoms with E-state index in [2.05, 4.69) is 5.73 Å². The van der Waals surface area contributed by atoms with Gasteiger partial charge in [-0.1, -0.05) is 0 Å². The van der Waals surface area contributed by atoms with Crippen LogP contribution in [0.25, 0.3) is 0 Å². The molecule has 0 heterocycles. The summed E-state index contributed by atoms with van der Waals surface area (Å²) in [6.45, 7) is 0. The molecule has 0 amide bonds. The monoisotopic (exact) mass is 529 g/mol. The Bertz CT molecular complexity index is 13.5. The molecule has 0 rings (SSSR count). The Labute approximate surface area is 98.8 Å². The van der Waals surface area contributed by atoms with Gasteiger partial charge >= 0.3 is 27.3 Å². The summed E-state index contributed by atoms with van der Waals surface area (Å²) in [6.07, 6.45) is 0. The molecule has 0 saturated carbocycles. The maximum atomic E-state index is 3.25. The molecular formula is CH6ClI2NPb. The molecule has 0 aromatic carbocycles. The fourth-order valence-electron chi connectivity index (χ4n) is 0. The smallest absolute Gasteiger partial charge is 1.00 e. The van der Waals surface area contributed by atoms with Gasteiger partial charge in [-0.15, -0.1) is 0 Å². The summed E-state index contributed by atoms with van der Waals surface area (Å²) in [5.74, 6) is 0. The quantitative estimate of drug-likeness (QED) is 0.239. The van der Waals surface area contributed by atoms with E-state index in [0.29, 0.717) is 0 Å². The zero-order valence-electron chi connectivity index (χ0n) is 3.34. The Morgan fingerprint density at radius 1 is 1.00 bits per heavy atom. The second-order valence-electron chi connectivity index (χ2n) is 0. The van der Waals surface area contributed by atoms with Gasteiger partial charge in [0.15, 0.2) is 0 Å². The average Bonchev–Trinajstić information content (AvgIpc) is 1.00. The zero-order chi connectivity index (χ0) is 2.00. The topological polar surface area (TPSA) is 27.6 Å². The summed E-state index contributed by atoms with van der Waals surface area (Å²) < 4.78 is 0. The van der Waals surface area contributed by atoms with Crippen molar-refractivity contribution in [1.82, 2.24) is 0 Å². The molecule has 0 atom stereocenters. The van der Waals surface area contributed by atoms with E-state index in [9.17, 15) is 0 Å². The molecule has 0 fully saturated rings. The maximum absolute atomic E-state index is 3.25. The molecular weight excluding hydrogens is 522 g/mol. The molecule has 1 nitrogen and oxygen atoms in total. The number of hydrogen-bond donors (Lipinski definition) is 1. The molecule has 6 heavy (non-hydrogen) atoms. The fourth-order valence-corrected chi connectivity index (χ4v) is 0. The van der Waals surface area contributed by atoms with E-state index < -0.39 is 0 Å². The molecule has 0 spiro atoms. The van der Waals surface area contributed by atoms with E-state index in [0.717, 1.165) is 0 Å². The minimum Gasteiger partial charge on any atom is -1.00 e. The van der Waals surface area contributed by atoms with Crippen molar-refractivity contribution in [2.75, 3.05) is 7.05 Å². The summed E-state index contributed by atoms with van der Waals surface area (Å²) in [4.78, 5) is 0. The Kier molecular flexibility index (Phi) is 308. The van der Waals surface area contributed by atoms with Crippen LogP contribution in [-0.2, 0) is 0 Å². The van der Waals surface area contributed by atoms with Crippen LogP contribution in [0.15, 0.2) is 0 Å². The molecule has 0 aliphatic rings. The molecule has 0 aliphatic carbocycles. The molecule has 3 N–H and O–H groups in total. The first kappa shape index (κ1) is 38.1. The van der Waals surface area contributed by atoms with Gasteiger partial charge in [0, 0.05) is 0 Å². The van der Waals surface area contributed by atoms with Crippen LogP contribution in [0.4, 0.5) is 0 Å². The van der Waals surface area contributed by atoms with E-state index in [4.69, 9.17) is 0 Å². The Balaban J connectivity index is -0.000000000833. The molecule has 0 bridgehead atoms. The predicted molar refractivity (Wildman–Crippen MR) is 14.6 cm³/mol. The molecule has 0 aromatic rings. The van der Waals surface area contributed by atoms with Gasteiger partial charge in [-0.25, -0.2) is 0 Å². The van der Waals surface area contributed by atoms with Crippen molar-refractivity contribution in [2.45, 2.75) is 0 Å². The molecule has 5 heteroatoms. The van der Waals surface area contributed by atoms with Crippen molar-refractivity contribution >= 4 is 27.3 Å². The van der Waals surface area contributed by atoms with Crippen molar-refractivity contribution in [3.05, 3.63) is 0 Å². The molecule has 0 aromatic heterocycles. The number of halogens is 3. The molecule has 0 unspecified atom stereocenters. The second-order valence-corrected chi connectivity index (χ2v) is 0. The van der Waals surface area contributed by atoms with Crippen molar-refractivity contribution in [3.63, 3.8) is 0 Å². The first-order chi connectivity index (χ1) is 1.00. The Morgan fingerprint density at radius 2 is 1.00 bits per heavy atom. The maximum Gasteiger partial charge on any atom is 2.00 e. The van der Waals surface area contributed by atoms with Gasteiger partial charge in [-0.3, -0.25) is 0 Å². The Morgan fingerprint density at radius 3 is 1.00 bits per heavy atom. The van der Waals surface area contributed by atoms with E-state index in [1.165, 1.54) is 0 Å². The predicted octanol–water partition coefficient (Wildman–Crippen LogP) is -10.5. The summed E-state index contributed by atoms with van der Waals surface area (Å²) in [5, 5.41) is 0. The minimum absolute atomic E-state index is 0. The third kappa shape index (κ3) is 30.4. The van der Waals surface area contributed by atoms with Crippen LogP contribution in [-0.4, -0.2) is 34.3 Å². The van der Waals surface area contributed by atoms with Gasteiger partial charge in [0.1, 0.15) is 0 Å². The van der Waals surface area contributed by atoms with Crippen LogP contribution < -0.4 is 66.1 Å². The standard InChI is InChI=1S/CH5N.ClH.2HI.Pb/c1-2;;;;/h2H2,1H3;3*1H;/q;;;;+2/p-2. The Hall–Kier alpha value is 2.63. The van der Waals surface area contributed by atoms with Gasteiger partial charge in [0.25, 0.3) is 0 Å². The first-order valence-electron chi connectivity index (χ1n) is 0.707. The summed E-state index contributed by atoms with van der Waals surface area (Å²) in [7, 11) is 1.75. The molecule has 0 aliphatic heterocycles. The summed E-state index contributed by atoms with van der Waals surface area (Å²) >= 11 is 0. The largest absolute Gasteiger partial charge is 2.00 e. The molecule has 2 radical (unpaired) electrons. The number of rotatable bonds is 0. The van der Waals surface area contributed by atoms with E-state index in [1.807, 2.05) is 0 Å². The van der Waals surface area contributed by atoms with Gasteiger partial charge in [-0.05, 0) is 0 Å². The van der Waals surface area contributed by atoms with Crippen LogP contribution in [0, 0.1) is 0 Å². The second kappa shape index (κ2) is 48.5. The van der Waals surface area contributed by atoms with E-state index >= 15 is 0 Å². The number of quaternary nitrogens is 1. The summed E-state index contributed by atoms with van der Waals surface area (Å²) in [6, 6.07) is 0. The van der Waals surface area contributed by atoms with Crippen LogP contribution >= 0.6 is 0 Å². The van der Waals surface area contributed by atoms with Crippen molar-refractivity contribution in [1.29, 1.82) is 0 Å². The summed E-state index contributed by atoms with van der Waals surface area (Å²) in [5.41, 5.74) is 3.25. The van der Waals surface area contributed by atoms with E-state index in [1.54, 1.807) is 7.05 Å². The zero-order valence-corrected chi connectivity index (χ0v) is 12.3. The minimum atomic E-state index is 0. The van der Waals surface area contributed by atoms with E-state index in [-0.39, 0.29) is 87.7 Å². The average molecular weight is 529 g/mol. The third-order valence-corrected chi connectivity index (χ3v) is 0. The van der Waals surface area contributed by atoms with Crippen LogP contribution in [0.3, 0.4) is 0 Å². The van der Waals surface area contributed by atoms with Crippen LogP contribution in [0.1, 0.15) is 0 Å². The first-order valence-corrected chi connectivity index (χ1v) is 0.707. The van der Waals surface area contributed by atoms with Crippen molar-refractivity contribution in [3.8, 4) is 0 Å². The van der Waals surface area contributed by atoms with Gasteiger partial charge in [0.05, 0.1) is 7.05 Å². The van der Waals surface area contributed by atoms with Crippen molar-refractivity contribution < 1.29 is 66.1 Å². The van der Waals surface area contributed by atoms with Crippen molar-refractivity contribution in [2.24, 2.45) is 0 Å². The van der Waals surface area contributed by atoms with Crippen LogP contribution in [0.5, 0.6) is 0 Å². The normalized spacial score (nSPS) is 1.00. The third-order valence-electron chi connectivity index (χ3n) is 0.